The van der Waals surface area contributed by atoms with E-state index in [0.29, 0.717) is 6.61 Å². The highest BCUT2D eigenvalue weighted by Crippen LogP contribution is 2.34. The van der Waals surface area contributed by atoms with Gasteiger partial charge >= 0.3 is 6.03 Å². The van der Waals surface area contributed by atoms with Crippen molar-refractivity contribution in [2.45, 2.75) is 63.5 Å². The van der Waals surface area contributed by atoms with Crippen molar-refractivity contribution in [1.29, 1.82) is 0 Å². The van der Waals surface area contributed by atoms with Crippen molar-refractivity contribution in [2.75, 3.05) is 20.3 Å². The largest absolute Gasteiger partial charge is 0.382 e. The predicted octanol–water partition coefficient (Wildman–Crippen LogP) is 2.26. The Balaban J connectivity index is 1.65. The van der Waals surface area contributed by atoms with Gasteiger partial charge in [-0.25, -0.2) is 4.79 Å². The van der Waals surface area contributed by atoms with E-state index in [1.54, 1.807) is 7.11 Å². The third-order valence-electron chi connectivity index (χ3n) is 5.31. The number of fused-ring (bicyclic) bond motifs is 1. The molecule has 0 saturated carbocycles. The molecule has 1 saturated heterocycles. The number of H-pyrrole nitrogens is 1. The number of likely N-dealkylation sites (tertiary alicyclic amines) is 1. The molecule has 6 heteroatoms. The van der Waals surface area contributed by atoms with E-state index in [-0.39, 0.29) is 17.6 Å². The first kappa shape index (κ1) is 16.3. The summed E-state index contributed by atoms with van der Waals surface area (Å²) in [7, 11) is 1.73. The number of rotatable bonds is 5. The van der Waals surface area contributed by atoms with E-state index in [0.717, 1.165) is 51.5 Å². The number of nitrogens with zero attached hydrogens (tertiary/aromatic N) is 2. The van der Waals surface area contributed by atoms with Crippen molar-refractivity contribution >= 4 is 6.03 Å². The van der Waals surface area contributed by atoms with Crippen LogP contribution in [-0.4, -0.2) is 53.0 Å². The van der Waals surface area contributed by atoms with Crippen molar-refractivity contribution in [3.8, 4) is 0 Å². The second-order valence-electron chi connectivity index (χ2n) is 6.93. The number of hydrogen-bond acceptors (Lipinski definition) is 3. The van der Waals surface area contributed by atoms with Gasteiger partial charge in [-0.05, 0) is 44.1 Å². The first-order valence-electron chi connectivity index (χ1n) is 8.77. The van der Waals surface area contributed by atoms with Crippen molar-refractivity contribution in [1.82, 2.24) is 20.4 Å². The predicted molar refractivity (Wildman–Crippen MR) is 88.4 cm³/mol. The Morgan fingerprint density at radius 1 is 1.61 bits per heavy atom. The fourth-order valence-corrected chi connectivity index (χ4v) is 4.26. The lowest BCUT2D eigenvalue weighted by Gasteiger charge is -2.39. The van der Waals surface area contributed by atoms with E-state index >= 15 is 0 Å². The summed E-state index contributed by atoms with van der Waals surface area (Å²) in [4.78, 5) is 14.9. The van der Waals surface area contributed by atoms with Crippen molar-refractivity contribution in [3.05, 3.63) is 17.5 Å². The van der Waals surface area contributed by atoms with Crippen LogP contribution in [-0.2, 0) is 17.6 Å². The van der Waals surface area contributed by atoms with Crippen LogP contribution < -0.4 is 5.32 Å². The summed E-state index contributed by atoms with van der Waals surface area (Å²) in [6, 6.07) is 0.278. The molecule has 2 atom stereocenters. The van der Waals surface area contributed by atoms with Gasteiger partial charge in [-0.15, -0.1) is 0 Å². The van der Waals surface area contributed by atoms with Gasteiger partial charge in [-0.2, -0.15) is 5.10 Å². The minimum Gasteiger partial charge on any atom is -0.382 e. The molecule has 1 aliphatic carbocycles. The highest BCUT2D eigenvalue weighted by molar-refractivity contribution is 5.76. The highest BCUT2D eigenvalue weighted by atomic mass is 16.5. The molecule has 0 bridgehead atoms. The van der Waals surface area contributed by atoms with Crippen molar-refractivity contribution in [3.63, 3.8) is 0 Å². The zero-order valence-electron chi connectivity index (χ0n) is 14.2. The van der Waals surface area contributed by atoms with Crippen LogP contribution in [0.2, 0.25) is 0 Å². The molecular weight excluding hydrogens is 292 g/mol. The average molecular weight is 320 g/mol. The molecule has 1 fully saturated rings. The topological polar surface area (TPSA) is 70.2 Å². The molecule has 2 heterocycles. The Kier molecular flexibility index (Phi) is 4.90. The van der Waals surface area contributed by atoms with Gasteiger partial charge in [0.2, 0.25) is 0 Å². The van der Waals surface area contributed by atoms with Gasteiger partial charge in [-0.1, -0.05) is 13.3 Å². The van der Waals surface area contributed by atoms with E-state index < -0.39 is 0 Å². The molecule has 128 valence electrons. The lowest BCUT2D eigenvalue weighted by Crippen LogP contribution is -2.56. The molecule has 1 aromatic rings. The number of urea groups is 1. The molecule has 0 unspecified atom stereocenters. The summed E-state index contributed by atoms with van der Waals surface area (Å²) in [5.41, 5.74) is 2.33. The minimum absolute atomic E-state index is 0.0740. The number of aromatic amines is 1. The molecule has 1 aromatic heterocycles. The number of nitrogens with one attached hydrogen (secondary N) is 2. The summed E-state index contributed by atoms with van der Waals surface area (Å²) in [5.74, 6) is 0. The fourth-order valence-electron chi connectivity index (χ4n) is 4.26. The molecule has 2 amide bonds. The molecule has 2 N–H and O–H groups in total. The smallest absolute Gasteiger partial charge is 0.318 e. The summed E-state index contributed by atoms with van der Waals surface area (Å²) in [5, 5.41) is 10.4. The lowest BCUT2D eigenvalue weighted by atomic mass is 9.91. The maximum Gasteiger partial charge on any atom is 0.318 e. The van der Waals surface area contributed by atoms with Crippen LogP contribution in [0.5, 0.6) is 0 Å². The number of carbonyl (C=O) groups is 1. The Morgan fingerprint density at radius 3 is 3.26 bits per heavy atom. The van der Waals surface area contributed by atoms with Gasteiger partial charge in [-0.3, -0.25) is 5.10 Å². The second kappa shape index (κ2) is 6.91. The summed E-state index contributed by atoms with van der Waals surface area (Å²) < 4.78 is 5.45. The third kappa shape index (κ3) is 3.22. The number of hydrogen-bond donors (Lipinski definition) is 2. The van der Waals surface area contributed by atoms with Gasteiger partial charge in [0.15, 0.2) is 0 Å². The zero-order chi connectivity index (χ0) is 16.3. The number of methoxy groups -OCH3 is 1. The number of carbonyl (C=O) groups excluding carboxylic acids is 1. The normalized spacial score (nSPS) is 27.0. The molecular formula is C17H28N4O2. The van der Waals surface area contributed by atoms with Crippen molar-refractivity contribution in [2.24, 2.45) is 0 Å². The van der Waals surface area contributed by atoms with Gasteiger partial charge < -0.3 is 15.0 Å². The lowest BCUT2D eigenvalue weighted by molar-refractivity contribution is 0.0492. The maximum atomic E-state index is 12.9. The van der Waals surface area contributed by atoms with Gasteiger partial charge in [0.1, 0.15) is 0 Å². The van der Waals surface area contributed by atoms with Crippen LogP contribution in [0.25, 0.3) is 0 Å². The summed E-state index contributed by atoms with van der Waals surface area (Å²) in [6.07, 6.45) is 8.86. The SMILES string of the molecule is CCC[C@]1(COC)CCCN1C(=O)N[C@@H]1CCc2[nH]ncc2C1. The Hall–Kier alpha value is -1.56. The second-order valence-corrected chi connectivity index (χ2v) is 6.93. The first-order valence-corrected chi connectivity index (χ1v) is 8.77. The van der Waals surface area contributed by atoms with E-state index in [1.165, 1.54) is 11.3 Å². The summed E-state index contributed by atoms with van der Waals surface area (Å²) in [6.45, 7) is 3.64. The zero-order valence-corrected chi connectivity index (χ0v) is 14.2. The minimum atomic E-state index is -0.122. The molecule has 6 nitrogen and oxygen atoms in total. The Labute approximate surface area is 138 Å². The number of ether oxygens (including phenoxy) is 1. The molecule has 3 rings (SSSR count). The van der Waals surface area contributed by atoms with Crippen molar-refractivity contribution < 1.29 is 9.53 Å². The summed E-state index contributed by atoms with van der Waals surface area (Å²) >= 11 is 0. The Morgan fingerprint density at radius 2 is 2.48 bits per heavy atom. The van der Waals surface area contributed by atoms with Gasteiger partial charge in [0.05, 0.1) is 18.3 Å². The number of amides is 2. The van der Waals surface area contributed by atoms with E-state index in [2.05, 4.69) is 22.4 Å². The average Bonchev–Trinajstić information content (AvgIpc) is 3.14. The van der Waals surface area contributed by atoms with Crippen LogP contribution in [0.1, 0.15) is 50.3 Å². The van der Waals surface area contributed by atoms with Crippen LogP contribution in [0.3, 0.4) is 0 Å². The third-order valence-corrected chi connectivity index (χ3v) is 5.31. The molecule has 0 radical (unpaired) electrons. The molecule has 0 spiro atoms. The van der Waals surface area contributed by atoms with Crippen LogP contribution in [0, 0.1) is 0 Å². The van der Waals surface area contributed by atoms with E-state index in [4.69, 9.17) is 4.74 Å². The van der Waals surface area contributed by atoms with Gasteiger partial charge in [0, 0.05) is 25.4 Å². The van der Waals surface area contributed by atoms with Crippen LogP contribution >= 0.6 is 0 Å². The quantitative estimate of drug-likeness (QED) is 0.874. The van der Waals surface area contributed by atoms with Crippen LogP contribution in [0.15, 0.2) is 6.20 Å². The fraction of sp³-hybridized carbons (Fsp3) is 0.765. The van der Waals surface area contributed by atoms with Gasteiger partial charge in [0.25, 0.3) is 0 Å². The molecule has 23 heavy (non-hydrogen) atoms. The number of aromatic nitrogens is 2. The van der Waals surface area contributed by atoms with Crippen LogP contribution in [0.4, 0.5) is 4.79 Å². The van der Waals surface area contributed by atoms with E-state index in [1.807, 2.05) is 11.1 Å². The highest BCUT2D eigenvalue weighted by Gasteiger charge is 2.43. The number of aryl methyl sites for hydroxylation is 1. The standard InChI is InChI=1S/C17H28N4O2/c1-3-7-17(12-23-2)8-4-9-21(17)16(22)19-14-5-6-15-13(10-14)11-18-20-15/h11,14H,3-10,12H2,1-2H3,(H,18,20)(H,19,22)/t14-,17-/m1/s1. The molecule has 1 aliphatic heterocycles. The maximum absolute atomic E-state index is 12.9. The first-order chi connectivity index (χ1) is 11.2. The molecule has 0 aromatic carbocycles. The van der Waals surface area contributed by atoms with E-state index in [9.17, 15) is 4.79 Å². The molecule has 2 aliphatic rings. The monoisotopic (exact) mass is 320 g/mol. The Bertz CT molecular complexity index is 536.